The lowest BCUT2D eigenvalue weighted by Gasteiger charge is -2.11. The second-order valence-electron chi connectivity index (χ2n) is 3.86. The van der Waals surface area contributed by atoms with Crippen molar-refractivity contribution in [1.82, 2.24) is 0 Å². The number of sulfonamides is 1. The number of nitrogens with one attached hydrogen (secondary N) is 1. The van der Waals surface area contributed by atoms with E-state index in [1.165, 1.54) is 12.1 Å². The molecule has 8 heteroatoms. The summed E-state index contributed by atoms with van der Waals surface area (Å²) in [6, 6.07) is 7.61. The number of hydrogen-bond donors (Lipinski definition) is 2. The molecule has 0 fully saturated rings. The van der Waals surface area contributed by atoms with Gasteiger partial charge >= 0.3 is 0 Å². The minimum absolute atomic E-state index is 0.0801. The van der Waals surface area contributed by atoms with Crippen LogP contribution in [0.1, 0.15) is 0 Å². The predicted molar refractivity (Wildman–Crippen MR) is 73.0 cm³/mol. The summed E-state index contributed by atoms with van der Waals surface area (Å²) in [5.74, 6) is -2.37. The van der Waals surface area contributed by atoms with E-state index in [9.17, 15) is 17.2 Å². The Morgan fingerprint density at radius 2 is 1.75 bits per heavy atom. The van der Waals surface area contributed by atoms with Gasteiger partial charge in [0.1, 0.15) is 16.4 Å². The number of hydrogen-bond acceptors (Lipinski definition) is 3. The highest BCUT2D eigenvalue weighted by Gasteiger charge is 2.23. The van der Waals surface area contributed by atoms with Gasteiger partial charge < -0.3 is 5.73 Å². The monoisotopic (exact) mass is 318 g/mol. The third kappa shape index (κ3) is 2.68. The summed E-state index contributed by atoms with van der Waals surface area (Å²) < 4.78 is 53.0. The van der Waals surface area contributed by atoms with Crippen LogP contribution in [0.5, 0.6) is 0 Å². The molecule has 20 heavy (non-hydrogen) atoms. The summed E-state index contributed by atoms with van der Waals surface area (Å²) in [6.45, 7) is 0. The molecule has 4 nitrogen and oxygen atoms in total. The Labute approximate surface area is 119 Å². The Bertz CT molecular complexity index is 766. The van der Waals surface area contributed by atoms with E-state index >= 15 is 0 Å². The topological polar surface area (TPSA) is 72.2 Å². The number of anilines is 2. The standard InChI is InChI=1S/C12H9ClF2N2O2S/c13-7-3-1-2-4-9(7)17-20(18,19)10-6-5-8(14)12(16)11(10)15/h1-6,17H,16H2. The molecule has 0 aromatic heterocycles. The molecule has 0 aliphatic rings. The summed E-state index contributed by atoms with van der Waals surface area (Å²) in [5.41, 5.74) is 4.36. The first-order valence-electron chi connectivity index (χ1n) is 5.34. The lowest BCUT2D eigenvalue weighted by atomic mass is 10.3. The molecule has 0 heterocycles. The van der Waals surface area contributed by atoms with Crippen LogP contribution in [0.25, 0.3) is 0 Å². The number of nitrogens with two attached hydrogens (primary N) is 1. The maximum Gasteiger partial charge on any atom is 0.264 e. The summed E-state index contributed by atoms with van der Waals surface area (Å²) in [4.78, 5) is -0.753. The lowest BCUT2D eigenvalue weighted by Crippen LogP contribution is -2.16. The first kappa shape index (κ1) is 14.5. The third-order valence-corrected chi connectivity index (χ3v) is 4.21. The second kappa shape index (κ2) is 5.26. The fourth-order valence-electron chi connectivity index (χ4n) is 1.50. The van der Waals surface area contributed by atoms with Crippen molar-refractivity contribution in [2.45, 2.75) is 4.90 Å². The highest BCUT2D eigenvalue weighted by atomic mass is 35.5. The molecule has 0 spiro atoms. The maximum absolute atomic E-state index is 13.7. The van der Waals surface area contributed by atoms with Crippen molar-refractivity contribution in [3.05, 3.63) is 53.1 Å². The predicted octanol–water partition coefficient (Wildman–Crippen LogP) is 3.00. The Kier molecular flexibility index (Phi) is 3.82. The SMILES string of the molecule is Nc1c(F)ccc(S(=O)(=O)Nc2ccccc2Cl)c1F. The van der Waals surface area contributed by atoms with Crippen LogP contribution in [0, 0.1) is 11.6 Å². The molecule has 0 bridgehead atoms. The van der Waals surface area contributed by atoms with Crippen molar-refractivity contribution in [2.24, 2.45) is 0 Å². The zero-order chi connectivity index (χ0) is 14.9. The Balaban J connectivity index is 2.47. The van der Waals surface area contributed by atoms with E-state index in [4.69, 9.17) is 17.3 Å². The van der Waals surface area contributed by atoms with Crippen molar-refractivity contribution in [1.29, 1.82) is 0 Å². The fourth-order valence-corrected chi connectivity index (χ4v) is 2.91. The summed E-state index contributed by atoms with van der Waals surface area (Å²) in [5, 5.41) is 0.145. The van der Waals surface area contributed by atoms with Gasteiger partial charge in [-0.15, -0.1) is 0 Å². The van der Waals surface area contributed by atoms with E-state index in [0.717, 1.165) is 12.1 Å². The molecule has 0 saturated carbocycles. The molecule has 106 valence electrons. The van der Waals surface area contributed by atoms with Gasteiger partial charge in [0.25, 0.3) is 10.0 Å². The van der Waals surface area contributed by atoms with Gasteiger partial charge in [0.2, 0.25) is 0 Å². The number of nitrogen functional groups attached to an aromatic ring is 1. The van der Waals surface area contributed by atoms with E-state index in [1.807, 2.05) is 0 Å². The van der Waals surface area contributed by atoms with E-state index in [0.29, 0.717) is 0 Å². The molecule has 0 amide bonds. The Morgan fingerprint density at radius 1 is 1.10 bits per heavy atom. The molecule has 2 rings (SSSR count). The van der Waals surface area contributed by atoms with Crippen LogP contribution in [0.3, 0.4) is 0 Å². The van der Waals surface area contributed by atoms with Gasteiger partial charge in [-0.25, -0.2) is 17.2 Å². The van der Waals surface area contributed by atoms with Crippen LogP contribution in [0.4, 0.5) is 20.2 Å². The van der Waals surface area contributed by atoms with E-state index in [1.54, 1.807) is 12.1 Å². The van der Waals surface area contributed by atoms with Gasteiger partial charge in [0.05, 0.1) is 10.7 Å². The fraction of sp³-hybridized carbons (Fsp3) is 0. The van der Waals surface area contributed by atoms with E-state index in [2.05, 4.69) is 4.72 Å². The molecule has 3 N–H and O–H groups in total. The van der Waals surface area contributed by atoms with Gasteiger partial charge in [0.15, 0.2) is 5.82 Å². The first-order chi connectivity index (χ1) is 9.33. The largest absolute Gasteiger partial charge is 0.394 e. The van der Waals surface area contributed by atoms with Crippen molar-refractivity contribution in [2.75, 3.05) is 10.5 Å². The summed E-state index contributed by atoms with van der Waals surface area (Å²) in [6.07, 6.45) is 0. The number of para-hydroxylation sites is 1. The zero-order valence-corrected chi connectivity index (χ0v) is 11.5. The Morgan fingerprint density at radius 3 is 2.40 bits per heavy atom. The van der Waals surface area contributed by atoms with Gasteiger partial charge in [-0.05, 0) is 24.3 Å². The van der Waals surface area contributed by atoms with Crippen LogP contribution >= 0.6 is 11.6 Å². The van der Waals surface area contributed by atoms with Crippen LogP contribution in [-0.4, -0.2) is 8.42 Å². The van der Waals surface area contributed by atoms with Crippen molar-refractivity contribution in [3.63, 3.8) is 0 Å². The second-order valence-corrected chi connectivity index (χ2v) is 5.92. The highest BCUT2D eigenvalue weighted by molar-refractivity contribution is 7.92. The van der Waals surface area contributed by atoms with Gasteiger partial charge in [0, 0.05) is 0 Å². The molecule has 2 aromatic rings. The molecule has 0 unspecified atom stereocenters. The molecular formula is C12H9ClF2N2O2S. The van der Waals surface area contributed by atoms with Crippen LogP contribution in [-0.2, 0) is 10.0 Å². The smallest absolute Gasteiger partial charge is 0.264 e. The molecule has 0 radical (unpaired) electrons. The quantitative estimate of drug-likeness (QED) is 0.854. The molecular weight excluding hydrogens is 310 g/mol. The van der Waals surface area contributed by atoms with E-state index in [-0.39, 0.29) is 10.7 Å². The van der Waals surface area contributed by atoms with Gasteiger partial charge in [-0.3, -0.25) is 4.72 Å². The minimum atomic E-state index is -4.26. The normalized spacial score (nSPS) is 11.3. The van der Waals surface area contributed by atoms with Gasteiger partial charge in [-0.1, -0.05) is 23.7 Å². The number of halogens is 3. The minimum Gasteiger partial charge on any atom is -0.394 e. The molecule has 0 atom stereocenters. The van der Waals surface area contributed by atoms with Crippen molar-refractivity contribution >= 4 is 33.0 Å². The summed E-state index contributed by atoms with van der Waals surface area (Å²) >= 11 is 5.81. The third-order valence-electron chi connectivity index (χ3n) is 2.50. The Hall–Kier alpha value is -1.86. The average molecular weight is 319 g/mol. The molecule has 0 aliphatic heterocycles. The number of rotatable bonds is 3. The van der Waals surface area contributed by atoms with E-state index < -0.39 is 32.2 Å². The van der Waals surface area contributed by atoms with Crippen molar-refractivity contribution in [3.8, 4) is 0 Å². The van der Waals surface area contributed by atoms with Gasteiger partial charge in [-0.2, -0.15) is 0 Å². The number of benzene rings is 2. The maximum atomic E-state index is 13.7. The average Bonchev–Trinajstić information content (AvgIpc) is 2.38. The highest BCUT2D eigenvalue weighted by Crippen LogP contribution is 2.27. The summed E-state index contributed by atoms with van der Waals surface area (Å²) in [7, 11) is -4.26. The molecule has 0 saturated heterocycles. The van der Waals surface area contributed by atoms with Crippen LogP contribution < -0.4 is 10.5 Å². The lowest BCUT2D eigenvalue weighted by molar-refractivity contribution is 0.557. The van der Waals surface area contributed by atoms with Crippen LogP contribution in [0.2, 0.25) is 5.02 Å². The zero-order valence-electron chi connectivity index (χ0n) is 9.90. The molecule has 0 aliphatic carbocycles. The first-order valence-corrected chi connectivity index (χ1v) is 7.20. The molecule has 2 aromatic carbocycles. The van der Waals surface area contributed by atoms with Crippen LogP contribution in [0.15, 0.2) is 41.3 Å². The van der Waals surface area contributed by atoms with Crippen molar-refractivity contribution < 1.29 is 17.2 Å².